The number of benzene rings is 1. The van der Waals surface area contributed by atoms with Crippen molar-refractivity contribution in [3.8, 4) is 0 Å². The summed E-state index contributed by atoms with van der Waals surface area (Å²) in [6, 6.07) is 7.26. The second-order valence-electron chi connectivity index (χ2n) is 7.54. The lowest BCUT2D eigenvalue weighted by Crippen LogP contribution is -2.30. The van der Waals surface area contributed by atoms with Gasteiger partial charge in [-0.25, -0.2) is 0 Å². The quantitative estimate of drug-likeness (QED) is 0.144. The number of amides is 2. The summed E-state index contributed by atoms with van der Waals surface area (Å²) in [4.78, 5) is 25.6. The summed E-state index contributed by atoms with van der Waals surface area (Å²) in [5.74, 6) is 1.06. The van der Waals surface area contributed by atoms with Crippen LogP contribution in [0.4, 0.5) is 10.5 Å². The Labute approximate surface area is 243 Å². The Hall–Kier alpha value is 0.260. The maximum atomic E-state index is 12.6. The molecule has 2 rings (SSSR count). The third-order valence-corrected chi connectivity index (χ3v) is 17.1. The van der Waals surface area contributed by atoms with Crippen LogP contribution in [0.1, 0.15) is 47.0 Å². The number of carbonyl (C=O) groups is 2. The average molecular weight is 651 g/mol. The monoisotopic (exact) mass is 650 g/mol. The molecule has 2 atom stereocenters. The molecule has 0 saturated carbocycles. The van der Waals surface area contributed by atoms with E-state index in [9.17, 15) is 14.2 Å². The Balaban J connectivity index is 0.000000384. The van der Waals surface area contributed by atoms with Crippen LogP contribution in [-0.4, -0.2) is 60.1 Å². The smallest absolute Gasteiger partial charge is 0.325 e. The molecule has 0 aliphatic carbocycles. The van der Waals surface area contributed by atoms with Crippen molar-refractivity contribution < 1.29 is 27.7 Å². The van der Waals surface area contributed by atoms with Gasteiger partial charge in [-0.15, -0.1) is 0 Å². The number of thioether (sulfide) groups is 1. The van der Waals surface area contributed by atoms with Gasteiger partial charge in [-0.2, -0.15) is 0 Å². The number of nitrogens with zero attached hydrogens (tertiary/aromatic N) is 2. The van der Waals surface area contributed by atoms with Gasteiger partial charge in [-0.1, -0.05) is 56.3 Å². The van der Waals surface area contributed by atoms with Crippen molar-refractivity contribution in [2.75, 3.05) is 43.9 Å². The third kappa shape index (κ3) is 11.3. The van der Waals surface area contributed by atoms with E-state index >= 15 is 0 Å². The highest BCUT2D eigenvalue weighted by atomic mass is 35.5. The number of para-hydroxylation sites is 1. The predicted octanol–water partition coefficient (Wildman–Crippen LogP) is 8.51. The van der Waals surface area contributed by atoms with Gasteiger partial charge in [0.1, 0.15) is 0 Å². The molecule has 0 N–H and O–H groups in total. The molecule has 37 heavy (non-hydrogen) atoms. The second kappa shape index (κ2) is 17.8. The highest BCUT2D eigenvalue weighted by Crippen LogP contribution is 2.66. The third-order valence-electron chi connectivity index (χ3n) is 4.92. The number of hydrogen-bond acceptors (Lipinski definition) is 10. The Morgan fingerprint density at radius 2 is 1.92 bits per heavy atom. The molecule has 0 spiro atoms. The molecule has 1 aliphatic rings. The maximum Gasteiger partial charge on any atom is 0.356 e. The van der Waals surface area contributed by atoms with Crippen LogP contribution in [0.2, 0.25) is 5.02 Å². The molecule has 0 aromatic heterocycles. The summed E-state index contributed by atoms with van der Waals surface area (Å²) in [5, 5.41) is 0.647. The predicted molar refractivity (Wildman–Crippen MR) is 166 cm³/mol. The molecule has 2 amide bonds. The van der Waals surface area contributed by atoms with E-state index in [2.05, 4.69) is 0 Å². The first-order chi connectivity index (χ1) is 17.5. The van der Waals surface area contributed by atoms with Crippen molar-refractivity contribution in [1.82, 2.24) is 4.67 Å². The highest BCUT2D eigenvalue weighted by Gasteiger charge is 2.40. The van der Waals surface area contributed by atoms with E-state index in [0.29, 0.717) is 41.9 Å². The lowest BCUT2D eigenvalue weighted by atomic mass is 10.2. The van der Waals surface area contributed by atoms with Crippen molar-refractivity contribution >= 4 is 87.2 Å². The zero-order chi connectivity index (χ0) is 28.1. The fourth-order valence-electron chi connectivity index (χ4n) is 2.83. The lowest BCUT2D eigenvalue weighted by Gasteiger charge is -2.27. The van der Waals surface area contributed by atoms with E-state index in [-0.39, 0.29) is 16.4 Å². The average Bonchev–Trinajstić information content (AvgIpc) is 3.32. The van der Waals surface area contributed by atoms with E-state index in [4.69, 9.17) is 37.0 Å². The van der Waals surface area contributed by atoms with Crippen molar-refractivity contribution in [3.05, 3.63) is 29.3 Å². The standard InChI is InChI=1S/C13H19ClNO3PS2.C9H18NO3PS2/c1-4-7-13(16)15(10-21-19(20,17-2)18-3)12-9-6-5-8-11(12)14;1-4-8(3)16-14(12,13-5-2)10-6-7-15-9(10)11/h5-6,8-9H,4,7,10H2,1-3H3;8H,4-7H2,1-3H3. The normalized spacial score (nSPS) is 16.1. The SMILES string of the molecule is CCCC(=O)N(CSP(=S)(OC)OC)c1ccccc1Cl.CCOP(=O)(SC(C)CC)N1CCSC1=O. The van der Waals surface area contributed by atoms with Gasteiger partial charge in [0.15, 0.2) is 0 Å². The van der Waals surface area contributed by atoms with Crippen LogP contribution < -0.4 is 4.90 Å². The van der Waals surface area contributed by atoms with Crippen molar-refractivity contribution in [1.29, 1.82) is 0 Å². The second-order valence-corrected chi connectivity index (χ2v) is 20.2. The van der Waals surface area contributed by atoms with Crippen LogP contribution in [0.3, 0.4) is 0 Å². The van der Waals surface area contributed by atoms with E-state index in [1.54, 1.807) is 17.9 Å². The summed E-state index contributed by atoms with van der Waals surface area (Å²) in [6.45, 7) is 5.69. The van der Waals surface area contributed by atoms with E-state index in [1.807, 2.05) is 39.0 Å². The summed E-state index contributed by atoms with van der Waals surface area (Å²) in [6.07, 6.45) is 2.14. The summed E-state index contributed by atoms with van der Waals surface area (Å²) < 4.78 is 29.9. The van der Waals surface area contributed by atoms with Crippen LogP contribution in [0, 0.1) is 0 Å². The first kappa shape index (κ1) is 35.3. The minimum Gasteiger partial charge on any atom is -0.325 e. The molecule has 1 aromatic carbocycles. The van der Waals surface area contributed by atoms with Gasteiger partial charge in [-0.3, -0.25) is 18.8 Å². The maximum absolute atomic E-state index is 12.6. The van der Waals surface area contributed by atoms with Crippen LogP contribution in [0.15, 0.2) is 24.3 Å². The summed E-state index contributed by atoms with van der Waals surface area (Å²) in [5.41, 5.74) is -1.74. The largest absolute Gasteiger partial charge is 0.356 e. The molecule has 1 fully saturated rings. The van der Waals surface area contributed by atoms with Crippen LogP contribution in [0.25, 0.3) is 0 Å². The summed E-state index contributed by atoms with van der Waals surface area (Å²) in [7, 11) is 3.04. The van der Waals surface area contributed by atoms with Crippen molar-refractivity contribution in [2.24, 2.45) is 0 Å². The molecular weight excluding hydrogens is 614 g/mol. The molecule has 0 radical (unpaired) electrons. The topological polar surface area (TPSA) is 85.4 Å². The Morgan fingerprint density at radius 3 is 2.41 bits per heavy atom. The molecule has 1 aliphatic heterocycles. The fourth-order valence-corrected chi connectivity index (χ4v) is 12.2. The molecule has 8 nitrogen and oxygen atoms in total. The van der Waals surface area contributed by atoms with Crippen LogP contribution in [0.5, 0.6) is 0 Å². The zero-order valence-corrected chi connectivity index (χ0v) is 27.9. The van der Waals surface area contributed by atoms with Gasteiger partial charge < -0.3 is 18.5 Å². The first-order valence-electron chi connectivity index (χ1n) is 11.8. The minimum absolute atomic E-state index is 0.00635. The van der Waals surface area contributed by atoms with Gasteiger partial charge >= 0.3 is 6.72 Å². The molecule has 1 aromatic rings. The van der Waals surface area contributed by atoms with Crippen molar-refractivity contribution in [2.45, 2.75) is 52.2 Å². The van der Waals surface area contributed by atoms with Gasteiger partial charge in [0.05, 0.1) is 23.2 Å². The molecule has 1 heterocycles. The van der Waals surface area contributed by atoms with Gasteiger partial charge in [0.25, 0.3) is 5.24 Å². The molecule has 15 heteroatoms. The van der Waals surface area contributed by atoms with E-state index in [0.717, 1.165) is 12.8 Å². The van der Waals surface area contributed by atoms with Gasteiger partial charge in [0.2, 0.25) is 11.6 Å². The zero-order valence-electron chi connectivity index (χ0n) is 22.1. The van der Waals surface area contributed by atoms with Gasteiger partial charge in [0, 0.05) is 38.2 Å². The van der Waals surface area contributed by atoms with Crippen molar-refractivity contribution in [3.63, 3.8) is 0 Å². The van der Waals surface area contributed by atoms with Gasteiger partial charge in [-0.05, 0) is 66.5 Å². The lowest BCUT2D eigenvalue weighted by molar-refractivity contribution is -0.118. The number of hydrogen-bond donors (Lipinski definition) is 0. The highest BCUT2D eigenvalue weighted by molar-refractivity contribution is 8.67. The molecule has 0 bridgehead atoms. The molecule has 1 saturated heterocycles. The molecule has 2 unspecified atom stereocenters. The summed E-state index contributed by atoms with van der Waals surface area (Å²) >= 11 is 15.3. The molecule has 212 valence electrons. The minimum atomic E-state index is -3.02. The number of halogens is 1. The first-order valence-corrected chi connectivity index (χ1v) is 20.4. The number of carbonyl (C=O) groups excluding carboxylic acids is 2. The van der Waals surface area contributed by atoms with Crippen LogP contribution >= 0.6 is 58.5 Å². The fraction of sp³-hybridized carbons (Fsp3) is 0.636. The molecular formula is C22H37ClN2O6P2S4. The van der Waals surface area contributed by atoms with E-state index < -0.39 is 12.4 Å². The van der Waals surface area contributed by atoms with E-state index in [1.165, 1.54) is 53.4 Å². The van der Waals surface area contributed by atoms with Crippen LogP contribution in [-0.2, 0) is 34.7 Å². The Bertz CT molecular complexity index is 969. The Morgan fingerprint density at radius 1 is 1.27 bits per heavy atom. The number of rotatable bonds is 14. The Kier molecular flexibility index (Phi) is 17.0. The number of anilines is 1.